The van der Waals surface area contributed by atoms with E-state index in [4.69, 9.17) is 10.5 Å². The van der Waals surface area contributed by atoms with E-state index in [1.807, 2.05) is 18.2 Å². The van der Waals surface area contributed by atoms with Gasteiger partial charge in [-0.2, -0.15) is 0 Å². The van der Waals surface area contributed by atoms with Crippen molar-refractivity contribution in [2.45, 2.75) is 25.3 Å². The van der Waals surface area contributed by atoms with E-state index in [0.717, 1.165) is 23.7 Å². The molecule has 2 atom stereocenters. The van der Waals surface area contributed by atoms with E-state index in [2.05, 4.69) is 21.2 Å². The summed E-state index contributed by atoms with van der Waals surface area (Å²) in [5.74, 6) is -0.235. The number of hydrogen-bond acceptors (Lipinski definition) is 3. The van der Waals surface area contributed by atoms with E-state index < -0.39 is 0 Å². The Labute approximate surface area is 126 Å². The lowest BCUT2D eigenvalue weighted by Gasteiger charge is -2.18. The smallest absolute Gasteiger partial charge is 0.258 e. The van der Waals surface area contributed by atoms with Crippen LogP contribution in [0.4, 0.5) is 0 Å². The number of nitrogens with two attached hydrogens (primary N) is 1. The zero-order chi connectivity index (χ0) is 14.5. The third kappa shape index (κ3) is 3.72. The highest BCUT2D eigenvalue weighted by atomic mass is 79.9. The van der Waals surface area contributed by atoms with Crippen LogP contribution in [0.3, 0.4) is 0 Å². The van der Waals surface area contributed by atoms with Crippen LogP contribution in [-0.2, 0) is 9.59 Å². The fourth-order valence-corrected chi connectivity index (χ4v) is 2.83. The SMILES string of the molecule is NC(=O)[C@@H]1CCC[C@@H]1NC(=O)COc1ccccc1Br. The Morgan fingerprint density at radius 2 is 2.10 bits per heavy atom. The maximum atomic E-state index is 11.8. The molecule has 2 rings (SSSR count). The Balaban J connectivity index is 1.84. The number of ether oxygens (including phenoxy) is 1. The normalized spacial score (nSPS) is 21.4. The highest BCUT2D eigenvalue weighted by Crippen LogP contribution is 2.26. The second-order valence-electron chi connectivity index (χ2n) is 4.83. The van der Waals surface area contributed by atoms with Crippen LogP contribution in [0.2, 0.25) is 0 Å². The van der Waals surface area contributed by atoms with Gasteiger partial charge in [-0.3, -0.25) is 9.59 Å². The number of primary amides is 1. The average molecular weight is 341 g/mol. The maximum Gasteiger partial charge on any atom is 0.258 e. The van der Waals surface area contributed by atoms with Crippen molar-refractivity contribution in [1.29, 1.82) is 0 Å². The zero-order valence-corrected chi connectivity index (χ0v) is 12.6. The van der Waals surface area contributed by atoms with E-state index in [-0.39, 0.29) is 30.4 Å². The third-order valence-corrected chi connectivity index (χ3v) is 4.08. The number of rotatable bonds is 5. The van der Waals surface area contributed by atoms with Gasteiger partial charge in [-0.1, -0.05) is 18.6 Å². The molecule has 3 N–H and O–H groups in total. The molecule has 108 valence electrons. The Hall–Kier alpha value is -1.56. The van der Waals surface area contributed by atoms with Crippen molar-refractivity contribution in [3.8, 4) is 5.75 Å². The van der Waals surface area contributed by atoms with Crippen LogP contribution in [0.5, 0.6) is 5.75 Å². The fourth-order valence-electron chi connectivity index (χ4n) is 2.43. The number of nitrogens with one attached hydrogen (secondary N) is 1. The summed E-state index contributed by atoms with van der Waals surface area (Å²) < 4.78 is 6.22. The molecule has 0 heterocycles. The lowest BCUT2D eigenvalue weighted by molar-refractivity contribution is -0.125. The lowest BCUT2D eigenvalue weighted by Crippen LogP contribution is -2.44. The Kier molecular flexibility index (Phi) is 5.00. The number of para-hydroxylation sites is 1. The molecular formula is C14H17BrN2O3. The molecule has 6 heteroatoms. The molecule has 0 spiro atoms. The number of hydrogen-bond donors (Lipinski definition) is 2. The first-order valence-electron chi connectivity index (χ1n) is 6.54. The molecule has 1 aliphatic carbocycles. The minimum atomic E-state index is -0.348. The van der Waals surface area contributed by atoms with Crippen LogP contribution < -0.4 is 15.8 Å². The van der Waals surface area contributed by atoms with E-state index >= 15 is 0 Å². The number of halogens is 1. The van der Waals surface area contributed by atoms with Crippen molar-refractivity contribution in [3.63, 3.8) is 0 Å². The molecule has 1 fully saturated rings. The largest absolute Gasteiger partial charge is 0.483 e. The average Bonchev–Trinajstić information content (AvgIpc) is 2.86. The molecule has 0 aliphatic heterocycles. The Bertz CT molecular complexity index is 507. The lowest BCUT2D eigenvalue weighted by atomic mass is 10.0. The number of amides is 2. The Morgan fingerprint density at radius 3 is 2.80 bits per heavy atom. The summed E-state index contributed by atoms with van der Waals surface area (Å²) in [6.45, 7) is -0.0788. The van der Waals surface area contributed by atoms with Crippen molar-refractivity contribution >= 4 is 27.7 Å². The second kappa shape index (κ2) is 6.74. The minimum absolute atomic E-state index is 0.0788. The van der Waals surface area contributed by atoms with Gasteiger partial charge in [0.05, 0.1) is 10.4 Å². The van der Waals surface area contributed by atoms with E-state index in [1.54, 1.807) is 6.07 Å². The summed E-state index contributed by atoms with van der Waals surface area (Å²) in [5.41, 5.74) is 5.32. The van der Waals surface area contributed by atoms with Crippen molar-refractivity contribution in [1.82, 2.24) is 5.32 Å². The first-order chi connectivity index (χ1) is 9.58. The molecule has 5 nitrogen and oxygen atoms in total. The molecule has 0 radical (unpaired) electrons. The van der Waals surface area contributed by atoms with Gasteiger partial charge in [0.15, 0.2) is 6.61 Å². The molecule has 1 aromatic rings. The van der Waals surface area contributed by atoms with Gasteiger partial charge in [-0.25, -0.2) is 0 Å². The van der Waals surface area contributed by atoms with Crippen LogP contribution in [-0.4, -0.2) is 24.5 Å². The monoisotopic (exact) mass is 340 g/mol. The molecule has 1 saturated carbocycles. The standard InChI is InChI=1S/C14H17BrN2O3/c15-10-5-1-2-7-12(10)20-8-13(18)17-11-6-3-4-9(11)14(16)19/h1-2,5,7,9,11H,3-4,6,8H2,(H2,16,19)(H,17,18)/t9-,11+/m1/s1. The predicted octanol–water partition coefficient (Wildman–Crippen LogP) is 1.60. The number of carbonyl (C=O) groups is 2. The van der Waals surface area contributed by atoms with Gasteiger partial charge in [0.25, 0.3) is 5.91 Å². The molecule has 1 aliphatic rings. The number of carbonyl (C=O) groups excluding carboxylic acids is 2. The molecule has 0 saturated heterocycles. The molecule has 0 bridgehead atoms. The van der Waals surface area contributed by atoms with Crippen LogP contribution in [0, 0.1) is 5.92 Å². The van der Waals surface area contributed by atoms with Crippen LogP contribution >= 0.6 is 15.9 Å². The third-order valence-electron chi connectivity index (χ3n) is 3.42. The van der Waals surface area contributed by atoms with E-state index in [9.17, 15) is 9.59 Å². The summed E-state index contributed by atoms with van der Waals surface area (Å²) in [6, 6.07) is 7.15. The molecule has 0 aromatic heterocycles. The van der Waals surface area contributed by atoms with Crippen LogP contribution in [0.1, 0.15) is 19.3 Å². The summed E-state index contributed by atoms with van der Waals surface area (Å²) >= 11 is 3.35. The van der Waals surface area contributed by atoms with Gasteiger partial charge in [0.1, 0.15) is 5.75 Å². The predicted molar refractivity (Wildman–Crippen MR) is 78.1 cm³/mol. The summed E-state index contributed by atoms with van der Waals surface area (Å²) in [4.78, 5) is 23.1. The van der Waals surface area contributed by atoms with Gasteiger partial charge in [0, 0.05) is 6.04 Å². The van der Waals surface area contributed by atoms with Gasteiger partial charge < -0.3 is 15.8 Å². The Morgan fingerprint density at radius 1 is 1.35 bits per heavy atom. The summed E-state index contributed by atoms with van der Waals surface area (Å²) in [6.07, 6.45) is 2.43. The van der Waals surface area contributed by atoms with Crippen molar-refractivity contribution in [3.05, 3.63) is 28.7 Å². The van der Waals surface area contributed by atoms with Gasteiger partial charge in [0.2, 0.25) is 5.91 Å². The maximum absolute atomic E-state index is 11.8. The molecule has 0 unspecified atom stereocenters. The second-order valence-corrected chi connectivity index (χ2v) is 5.69. The molecular weight excluding hydrogens is 324 g/mol. The van der Waals surface area contributed by atoms with E-state index in [1.165, 1.54) is 0 Å². The van der Waals surface area contributed by atoms with Crippen LogP contribution in [0.15, 0.2) is 28.7 Å². The fraction of sp³-hybridized carbons (Fsp3) is 0.429. The molecule has 1 aromatic carbocycles. The number of benzene rings is 1. The topological polar surface area (TPSA) is 81.4 Å². The van der Waals surface area contributed by atoms with Crippen molar-refractivity contribution in [2.75, 3.05) is 6.61 Å². The van der Waals surface area contributed by atoms with Gasteiger partial charge in [-0.05, 0) is 40.9 Å². The van der Waals surface area contributed by atoms with Gasteiger partial charge >= 0.3 is 0 Å². The van der Waals surface area contributed by atoms with Crippen LogP contribution in [0.25, 0.3) is 0 Å². The summed E-state index contributed by atoms with van der Waals surface area (Å²) in [7, 11) is 0. The molecule has 20 heavy (non-hydrogen) atoms. The van der Waals surface area contributed by atoms with Crippen molar-refractivity contribution in [2.24, 2.45) is 11.7 Å². The minimum Gasteiger partial charge on any atom is -0.483 e. The highest BCUT2D eigenvalue weighted by Gasteiger charge is 2.32. The first-order valence-corrected chi connectivity index (χ1v) is 7.33. The summed E-state index contributed by atoms with van der Waals surface area (Å²) in [5, 5.41) is 2.82. The van der Waals surface area contributed by atoms with E-state index in [0.29, 0.717) is 5.75 Å². The molecule has 2 amide bonds. The van der Waals surface area contributed by atoms with Crippen molar-refractivity contribution < 1.29 is 14.3 Å². The van der Waals surface area contributed by atoms with Gasteiger partial charge in [-0.15, -0.1) is 0 Å². The zero-order valence-electron chi connectivity index (χ0n) is 11.0. The first kappa shape index (κ1) is 14.8. The highest BCUT2D eigenvalue weighted by molar-refractivity contribution is 9.10. The quantitative estimate of drug-likeness (QED) is 0.854.